The highest BCUT2D eigenvalue weighted by Crippen LogP contribution is 2.29. The van der Waals surface area contributed by atoms with Crippen LogP contribution < -0.4 is 10.1 Å². The van der Waals surface area contributed by atoms with Crippen LogP contribution in [0.15, 0.2) is 25.3 Å². The van der Waals surface area contributed by atoms with Crippen LogP contribution in [0.2, 0.25) is 0 Å². The van der Waals surface area contributed by atoms with Gasteiger partial charge in [0.25, 0.3) is 0 Å². The van der Waals surface area contributed by atoms with Crippen molar-refractivity contribution < 1.29 is 9.53 Å². The molecule has 1 aromatic carbocycles. The molecule has 0 fully saturated rings. The molecule has 0 heterocycles. The van der Waals surface area contributed by atoms with Crippen LogP contribution in [0.4, 0.5) is 0 Å². The molecule has 3 nitrogen and oxygen atoms in total. The second-order valence-corrected chi connectivity index (χ2v) is 3.64. The van der Waals surface area contributed by atoms with Crippen LogP contribution in [0.25, 0.3) is 12.2 Å². The minimum Gasteiger partial charge on any atom is -0.496 e. The summed E-state index contributed by atoms with van der Waals surface area (Å²) >= 11 is 0. The molecule has 0 aliphatic rings. The van der Waals surface area contributed by atoms with Crippen molar-refractivity contribution in [3.05, 3.63) is 42.0 Å². The Hall–Kier alpha value is -2.03. The number of ether oxygens (including phenoxy) is 1. The van der Waals surface area contributed by atoms with Gasteiger partial charge in [-0.3, -0.25) is 4.79 Å². The van der Waals surface area contributed by atoms with Crippen LogP contribution in [0.5, 0.6) is 5.75 Å². The van der Waals surface area contributed by atoms with E-state index < -0.39 is 0 Å². The van der Waals surface area contributed by atoms with E-state index in [4.69, 9.17) is 4.74 Å². The molecule has 3 heteroatoms. The van der Waals surface area contributed by atoms with E-state index in [0.29, 0.717) is 6.41 Å². The Bertz CT molecular complexity index is 438. The zero-order valence-corrected chi connectivity index (χ0v) is 10.2. The number of amides is 1. The molecule has 1 rings (SSSR count). The molecule has 0 aliphatic carbocycles. The summed E-state index contributed by atoms with van der Waals surface area (Å²) in [5.41, 5.74) is 2.81. The summed E-state index contributed by atoms with van der Waals surface area (Å²) in [4.78, 5) is 10.4. The van der Waals surface area contributed by atoms with Gasteiger partial charge < -0.3 is 10.1 Å². The number of hydrogen-bond acceptors (Lipinski definition) is 2. The summed E-state index contributed by atoms with van der Waals surface area (Å²) < 4.78 is 5.31. The highest BCUT2D eigenvalue weighted by molar-refractivity contribution is 5.70. The maximum atomic E-state index is 10.4. The smallest absolute Gasteiger partial charge is 0.207 e. The molecular weight excluding hydrogens is 214 g/mol. The number of rotatable bonds is 6. The predicted octanol–water partition coefficient (Wildman–Crippen LogP) is 2.79. The summed E-state index contributed by atoms with van der Waals surface area (Å²) in [7, 11) is 1.61. The Labute approximate surface area is 102 Å². The molecule has 1 aromatic rings. The van der Waals surface area contributed by atoms with E-state index in [1.807, 2.05) is 19.1 Å². The van der Waals surface area contributed by atoms with Crippen molar-refractivity contribution in [2.75, 3.05) is 7.11 Å². The fourth-order valence-corrected chi connectivity index (χ4v) is 1.67. The third kappa shape index (κ3) is 2.75. The van der Waals surface area contributed by atoms with Crippen molar-refractivity contribution in [1.29, 1.82) is 0 Å². The third-order valence-electron chi connectivity index (χ3n) is 2.66. The number of methoxy groups -OCH3 is 1. The maximum absolute atomic E-state index is 10.4. The van der Waals surface area contributed by atoms with Crippen LogP contribution in [0, 0.1) is 0 Å². The maximum Gasteiger partial charge on any atom is 0.207 e. The van der Waals surface area contributed by atoms with E-state index in [2.05, 4.69) is 18.5 Å². The highest BCUT2D eigenvalue weighted by Gasteiger charge is 2.11. The van der Waals surface area contributed by atoms with Crippen molar-refractivity contribution in [1.82, 2.24) is 5.32 Å². The first-order valence-corrected chi connectivity index (χ1v) is 5.34. The van der Waals surface area contributed by atoms with E-state index in [1.165, 1.54) is 0 Å². The van der Waals surface area contributed by atoms with Crippen molar-refractivity contribution in [2.24, 2.45) is 0 Å². The molecule has 0 saturated carbocycles. The lowest BCUT2D eigenvalue weighted by atomic mass is 9.99. The Morgan fingerprint density at radius 2 is 2.06 bits per heavy atom. The van der Waals surface area contributed by atoms with Crippen LogP contribution >= 0.6 is 0 Å². The SMILES string of the molecule is C=Cc1cc(C(C)NC=O)cc(OC)c1C=C. The van der Waals surface area contributed by atoms with Crippen molar-refractivity contribution in [2.45, 2.75) is 13.0 Å². The van der Waals surface area contributed by atoms with Crippen LogP contribution in [-0.4, -0.2) is 13.5 Å². The van der Waals surface area contributed by atoms with Crippen molar-refractivity contribution in [3.63, 3.8) is 0 Å². The van der Waals surface area contributed by atoms with E-state index in [9.17, 15) is 4.79 Å². The Morgan fingerprint density at radius 3 is 2.53 bits per heavy atom. The van der Waals surface area contributed by atoms with Gasteiger partial charge in [-0.05, 0) is 30.2 Å². The Kier molecular flexibility index (Phi) is 4.52. The summed E-state index contributed by atoms with van der Waals surface area (Å²) in [5, 5.41) is 2.71. The molecular formula is C14H17NO2. The van der Waals surface area contributed by atoms with Gasteiger partial charge in [0.1, 0.15) is 5.75 Å². The second-order valence-electron chi connectivity index (χ2n) is 3.64. The molecule has 1 atom stereocenters. The summed E-state index contributed by atoms with van der Waals surface area (Å²) in [6, 6.07) is 3.79. The standard InChI is InChI=1S/C14H17NO2/c1-5-11-7-12(10(3)15-9-16)8-14(17-4)13(11)6-2/h5-10H,1-2H2,3-4H3,(H,15,16). The summed E-state index contributed by atoms with van der Waals surface area (Å²) in [6.07, 6.45) is 4.17. The summed E-state index contributed by atoms with van der Waals surface area (Å²) in [5.74, 6) is 0.729. The fourth-order valence-electron chi connectivity index (χ4n) is 1.67. The minimum absolute atomic E-state index is 0.0704. The number of carbonyl (C=O) groups is 1. The van der Waals surface area contributed by atoms with Gasteiger partial charge in [-0.1, -0.05) is 25.3 Å². The molecule has 1 N–H and O–H groups in total. The molecule has 0 radical (unpaired) electrons. The van der Waals surface area contributed by atoms with Gasteiger partial charge >= 0.3 is 0 Å². The fraction of sp³-hybridized carbons (Fsp3) is 0.214. The molecule has 0 spiro atoms. The highest BCUT2D eigenvalue weighted by atomic mass is 16.5. The van der Waals surface area contributed by atoms with Gasteiger partial charge in [-0.2, -0.15) is 0 Å². The van der Waals surface area contributed by atoms with E-state index in [0.717, 1.165) is 22.4 Å². The van der Waals surface area contributed by atoms with Gasteiger partial charge in [0.05, 0.1) is 13.2 Å². The molecule has 90 valence electrons. The zero-order valence-electron chi connectivity index (χ0n) is 10.2. The van der Waals surface area contributed by atoms with E-state index >= 15 is 0 Å². The predicted molar refractivity (Wildman–Crippen MR) is 70.8 cm³/mol. The topological polar surface area (TPSA) is 38.3 Å². The van der Waals surface area contributed by atoms with Gasteiger partial charge in [-0.15, -0.1) is 0 Å². The molecule has 0 saturated heterocycles. The number of hydrogen-bond donors (Lipinski definition) is 1. The molecule has 1 amide bonds. The Balaban J connectivity index is 3.31. The summed E-state index contributed by atoms with van der Waals surface area (Å²) in [6.45, 7) is 9.43. The first-order chi connectivity index (χ1) is 8.17. The van der Waals surface area contributed by atoms with E-state index in [1.54, 1.807) is 19.3 Å². The molecule has 0 aromatic heterocycles. The minimum atomic E-state index is -0.0704. The first kappa shape index (κ1) is 13.0. The lowest BCUT2D eigenvalue weighted by Crippen LogP contribution is -2.16. The van der Waals surface area contributed by atoms with Crippen LogP contribution in [-0.2, 0) is 4.79 Å². The lowest BCUT2D eigenvalue weighted by Gasteiger charge is -2.16. The average Bonchev–Trinajstić information content (AvgIpc) is 2.37. The molecule has 1 unspecified atom stereocenters. The second kappa shape index (κ2) is 5.89. The molecule has 0 bridgehead atoms. The van der Waals surface area contributed by atoms with Crippen LogP contribution in [0.3, 0.4) is 0 Å². The van der Waals surface area contributed by atoms with Gasteiger partial charge in [0.15, 0.2) is 0 Å². The average molecular weight is 231 g/mol. The number of nitrogens with one attached hydrogen (secondary N) is 1. The van der Waals surface area contributed by atoms with Gasteiger partial charge in [0, 0.05) is 5.56 Å². The normalized spacial score (nSPS) is 11.4. The van der Waals surface area contributed by atoms with Gasteiger partial charge in [0.2, 0.25) is 6.41 Å². The van der Waals surface area contributed by atoms with Crippen molar-refractivity contribution >= 4 is 18.6 Å². The first-order valence-electron chi connectivity index (χ1n) is 5.34. The molecule has 0 aliphatic heterocycles. The molecule has 17 heavy (non-hydrogen) atoms. The quantitative estimate of drug-likeness (QED) is 0.764. The van der Waals surface area contributed by atoms with Gasteiger partial charge in [-0.25, -0.2) is 0 Å². The third-order valence-corrected chi connectivity index (χ3v) is 2.66. The Morgan fingerprint density at radius 1 is 1.35 bits per heavy atom. The lowest BCUT2D eigenvalue weighted by molar-refractivity contribution is -0.110. The zero-order chi connectivity index (χ0) is 12.8. The van der Waals surface area contributed by atoms with Crippen LogP contribution in [0.1, 0.15) is 29.7 Å². The van der Waals surface area contributed by atoms with Crippen molar-refractivity contribution in [3.8, 4) is 5.75 Å². The number of carbonyl (C=O) groups excluding carboxylic acids is 1. The largest absolute Gasteiger partial charge is 0.496 e. The van der Waals surface area contributed by atoms with E-state index in [-0.39, 0.29) is 6.04 Å². The monoisotopic (exact) mass is 231 g/mol. The number of benzene rings is 1.